The molecule has 1 aromatic heterocycles. The highest BCUT2D eigenvalue weighted by Gasteiger charge is 2.24. The number of aromatic nitrogens is 1. The number of amidine groups is 1. The molecular weight excluding hydrogens is 373 g/mol. The van der Waals surface area contributed by atoms with Crippen LogP contribution in [-0.4, -0.2) is 15.6 Å². The van der Waals surface area contributed by atoms with Crippen molar-refractivity contribution in [3.8, 4) is 0 Å². The molecule has 1 fully saturated rings. The number of hydrogen-bond acceptors (Lipinski definition) is 3. The van der Waals surface area contributed by atoms with Crippen molar-refractivity contribution in [2.24, 2.45) is 4.99 Å². The van der Waals surface area contributed by atoms with Crippen molar-refractivity contribution in [3.05, 3.63) is 71.0 Å². The molecule has 3 aromatic rings. The van der Waals surface area contributed by atoms with Gasteiger partial charge in [-0.05, 0) is 61.5 Å². The van der Waals surface area contributed by atoms with E-state index in [1.54, 1.807) is 12.1 Å². The van der Waals surface area contributed by atoms with Crippen LogP contribution in [0.1, 0.15) is 31.9 Å². The van der Waals surface area contributed by atoms with Crippen molar-refractivity contribution >= 4 is 45.5 Å². The Kier molecular flexibility index (Phi) is 5.05. The molecule has 1 aliphatic rings. The van der Waals surface area contributed by atoms with Crippen LogP contribution >= 0.6 is 11.8 Å². The third-order valence-electron chi connectivity index (χ3n) is 4.83. The molecule has 0 aliphatic carbocycles. The monoisotopic (exact) mass is 393 g/mol. The lowest BCUT2D eigenvalue weighted by atomic mass is 10.1. The summed E-state index contributed by atoms with van der Waals surface area (Å²) in [5.41, 5.74) is 2.77. The van der Waals surface area contributed by atoms with Crippen molar-refractivity contribution in [1.82, 2.24) is 9.88 Å². The summed E-state index contributed by atoms with van der Waals surface area (Å²) in [6, 6.07) is 14.4. The average Bonchev–Trinajstić information content (AvgIpc) is 3.24. The molecule has 1 atom stereocenters. The minimum Gasteiger partial charge on any atom is -0.344 e. The van der Waals surface area contributed by atoms with Crippen LogP contribution in [0.25, 0.3) is 17.0 Å². The third-order valence-corrected chi connectivity index (χ3v) is 5.74. The molecule has 2 heterocycles. The van der Waals surface area contributed by atoms with Crippen LogP contribution in [0, 0.1) is 5.82 Å². The van der Waals surface area contributed by atoms with E-state index in [1.807, 2.05) is 18.2 Å². The summed E-state index contributed by atoms with van der Waals surface area (Å²) in [7, 11) is 0. The molecule has 142 valence electrons. The average molecular weight is 393 g/mol. The number of benzene rings is 2. The zero-order chi connectivity index (χ0) is 19.7. The van der Waals surface area contributed by atoms with Gasteiger partial charge in [0.25, 0.3) is 5.91 Å². The van der Waals surface area contributed by atoms with Crippen LogP contribution in [0.15, 0.2) is 64.6 Å². The van der Waals surface area contributed by atoms with Gasteiger partial charge < -0.3 is 9.88 Å². The highest BCUT2D eigenvalue weighted by atomic mass is 32.2. The molecule has 1 saturated heterocycles. The first-order valence-electron chi connectivity index (χ1n) is 9.20. The maximum Gasteiger partial charge on any atom is 0.264 e. The van der Waals surface area contributed by atoms with Gasteiger partial charge in [-0.3, -0.25) is 4.79 Å². The molecule has 1 N–H and O–H groups in total. The lowest BCUT2D eigenvalue weighted by Crippen LogP contribution is -2.19. The van der Waals surface area contributed by atoms with Gasteiger partial charge in [-0.15, -0.1) is 0 Å². The Morgan fingerprint density at radius 3 is 2.71 bits per heavy atom. The number of nitrogens with one attached hydrogen (secondary N) is 1. The van der Waals surface area contributed by atoms with Crippen LogP contribution in [0.4, 0.5) is 10.1 Å². The van der Waals surface area contributed by atoms with Crippen molar-refractivity contribution in [2.75, 3.05) is 0 Å². The molecule has 0 radical (unpaired) electrons. The Bertz CT molecular complexity index is 1100. The molecule has 1 amide bonds. The quantitative estimate of drug-likeness (QED) is 0.583. The van der Waals surface area contributed by atoms with E-state index in [0.29, 0.717) is 21.8 Å². The first-order chi connectivity index (χ1) is 13.5. The maximum atomic E-state index is 13.0. The van der Waals surface area contributed by atoms with E-state index >= 15 is 0 Å². The summed E-state index contributed by atoms with van der Waals surface area (Å²) in [6.07, 6.45) is 5.04. The number of para-hydroxylation sites is 1. The molecule has 1 aliphatic heterocycles. The first kappa shape index (κ1) is 18.5. The number of halogens is 1. The fourth-order valence-corrected chi connectivity index (χ4v) is 4.00. The smallest absolute Gasteiger partial charge is 0.264 e. The number of fused-ring (bicyclic) bond motifs is 1. The molecule has 4 nitrogen and oxygen atoms in total. The summed E-state index contributed by atoms with van der Waals surface area (Å²) in [5.74, 6) is -0.489. The first-order valence-corrected chi connectivity index (χ1v) is 10.0. The molecule has 0 spiro atoms. The van der Waals surface area contributed by atoms with E-state index in [1.165, 1.54) is 23.9 Å². The van der Waals surface area contributed by atoms with Crippen molar-refractivity contribution in [1.29, 1.82) is 0 Å². The lowest BCUT2D eigenvalue weighted by molar-refractivity contribution is -0.115. The van der Waals surface area contributed by atoms with E-state index < -0.39 is 0 Å². The highest BCUT2D eigenvalue weighted by Crippen LogP contribution is 2.32. The number of thioether (sulfide) groups is 1. The van der Waals surface area contributed by atoms with E-state index in [9.17, 15) is 9.18 Å². The predicted molar refractivity (Wildman–Crippen MR) is 114 cm³/mol. The zero-order valence-corrected chi connectivity index (χ0v) is 16.5. The van der Waals surface area contributed by atoms with Crippen LogP contribution < -0.4 is 5.32 Å². The largest absolute Gasteiger partial charge is 0.344 e. The van der Waals surface area contributed by atoms with Gasteiger partial charge in [-0.2, -0.15) is 0 Å². The number of amides is 1. The van der Waals surface area contributed by atoms with Crippen LogP contribution in [0.5, 0.6) is 0 Å². The molecule has 2 aromatic carbocycles. The normalized spacial score (nSPS) is 18.2. The fourth-order valence-electron chi connectivity index (χ4n) is 3.16. The van der Waals surface area contributed by atoms with E-state index in [2.05, 4.69) is 47.1 Å². The minimum atomic E-state index is -0.314. The lowest BCUT2D eigenvalue weighted by Gasteiger charge is -2.12. The molecular formula is C22H20FN3OS. The second kappa shape index (κ2) is 7.64. The molecule has 28 heavy (non-hydrogen) atoms. The third kappa shape index (κ3) is 3.60. The van der Waals surface area contributed by atoms with Crippen LogP contribution in [0.3, 0.4) is 0 Å². The summed E-state index contributed by atoms with van der Waals surface area (Å²) in [6.45, 7) is 4.35. The van der Waals surface area contributed by atoms with Gasteiger partial charge in [0.05, 0.1) is 10.6 Å². The molecule has 0 bridgehead atoms. The molecule has 0 unspecified atom stereocenters. The number of carbonyl (C=O) groups is 1. The summed E-state index contributed by atoms with van der Waals surface area (Å²) < 4.78 is 15.3. The van der Waals surface area contributed by atoms with Gasteiger partial charge in [-0.1, -0.05) is 25.1 Å². The topological polar surface area (TPSA) is 46.4 Å². The summed E-state index contributed by atoms with van der Waals surface area (Å²) >= 11 is 1.29. The second-order valence-electron chi connectivity index (χ2n) is 6.72. The number of aliphatic imine (C=N–C) groups is 1. The van der Waals surface area contributed by atoms with Gasteiger partial charge in [0.15, 0.2) is 5.17 Å². The Hall–Kier alpha value is -2.86. The second-order valence-corrected chi connectivity index (χ2v) is 7.75. The van der Waals surface area contributed by atoms with Crippen molar-refractivity contribution < 1.29 is 9.18 Å². The van der Waals surface area contributed by atoms with Gasteiger partial charge in [0, 0.05) is 28.7 Å². The zero-order valence-electron chi connectivity index (χ0n) is 15.6. The summed E-state index contributed by atoms with van der Waals surface area (Å²) in [4.78, 5) is 17.4. The Labute approximate surface area is 167 Å². The number of nitrogens with zero attached hydrogens (tertiary/aromatic N) is 2. The molecule has 6 heteroatoms. The SMILES string of the molecule is CC[C@@H](C)n1cc(/C=C2/SC(=Nc3ccc(F)cc3)NC2=O)c2ccccc21. The molecule has 4 rings (SSSR count). The van der Waals surface area contributed by atoms with Crippen LogP contribution in [-0.2, 0) is 4.79 Å². The van der Waals surface area contributed by atoms with Gasteiger partial charge >= 0.3 is 0 Å². The minimum absolute atomic E-state index is 0.175. The van der Waals surface area contributed by atoms with Gasteiger partial charge in [-0.25, -0.2) is 9.38 Å². The Morgan fingerprint density at radius 1 is 1.21 bits per heavy atom. The van der Waals surface area contributed by atoms with Crippen LogP contribution in [0.2, 0.25) is 0 Å². The Balaban J connectivity index is 1.68. The van der Waals surface area contributed by atoms with Gasteiger partial charge in [0.2, 0.25) is 0 Å². The standard InChI is InChI=1S/C22H20FN3OS/c1-3-14(2)26-13-15(18-6-4-5-7-19(18)26)12-20-21(27)25-22(28-20)24-17-10-8-16(23)9-11-17/h4-14H,3H2,1-2H3,(H,24,25,27)/b20-12+/t14-/m1/s1. The fraction of sp³-hybridized carbons (Fsp3) is 0.182. The maximum absolute atomic E-state index is 13.0. The highest BCUT2D eigenvalue weighted by molar-refractivity contribution is 8.18. The van der Waals surface area contributed by atoms with E-state index in [4.69, 9.17) is 0 Å². The van der Waals surface area contributed by atoms with E-state index in [-0.39, 0.29) is 11.7 Å². The predicted octanol–water partition coefficient (Wildman–Crippen LogP) is 5.64. The number of hydrogen-bond donors (Lipinski definition) is 1. The van der Waals surface area contributed by atoms with Crippen molar-refractivity contribution in [2.45, 2.75) is 26.3 Å². The Morgan fingerprint density at radius 2 is 1.96 bits per heavy atom. The van der Waals surface area contributed by atoms with Crippen molar-refractivity contribution in [3.63, 3.8) is 0 Å². The van der Waals surface area contributed by atoms with Gasteiger partial charge in [0.1, 0.15) is 5.82 Å². The molecule has 0 saturated carbocycles. The van der Waals surface area contributed by atoms with E-state index in [0.717, 1.165) is 22.9 Å². The summed E-state index contributed by atoms with van der Waals surface area (Å²) in [5, 5.41) is 4.39. The number of carbonyl (C=O) groups excluding carboxylic acids is 1. The number of rotatable bonds is 4.